The van der Waals surface area contributed by atoms with E-state index in [9.17, 15) is 4.39 Å². The molecule has 0 radical (unpaired) electrons. The summed E-state index contributed by atoms with van der Waals surface area (Å²) in [5.74, 6) is -0.554. The van der Waals surface area contributed by atoms with Crippen LogP contribution in [0.4, 0.5) is 21.5 Å². The lowest BCUT2D eigenvalue weighted by molar-refractivity contribution is 0.624. The number of halogens is 2. The number of nitrogens with zero attached hydrogens (tertiary/aromatic N) is 1. The molecule has 2 aromatic carbocycles. The Morgan fingerprint density at radius 3 is 2.72 bits per heavy atom. The Morgan fingerprint density at radius 2 is 2.00 bits per heavy atom. The van der Waals surface area contributed by atoms with Gasteiger partial charge < -0.3 is 11.1 Å². The van der Waals surface area contributed by atoms with Gasteiger partial charge in [-0.05, 0) is 36.4 Å². The van der Waals surface area contributed by atoms with Gasteiger partial charge in [0, 0.05) is 10.7 Å². The highest BCUT2D eigenvalue weighted by Gasteiger charge is 2.05. The highest BCUT2D eigenvalue weighted by Crippen LogP contribution is 2.27. The molecular formula is C13H9ClFN3. The van der Waals surface area contributed by atoms with Crippen molar-refractivity contribution in [2.24, 2.45) is 0 Å². The topological polar surface area (TPSA) is 61.8 Å². The number of nitrogens with two attached hydrogens (primary N) is 1. The van der Waals surface area contributed by atoms with Crippen molar-refractivity contribution in [3.8, 4) is 6.07 Å². The molecule has 0 aliphatic rings. The van der Waals surface area contributed by atoms with Crippen molar-refractivity contribution in [3.05, 3.63) is 52.8 Å². The third-order valence-electron chi connectivity index (χ3n) is 2.38. The fourth-order valence-electron chi connectivity index (χ4n) is 1.48. The Hall–Kier alpha value is -2.25. The van der Waals surface area contributed by atoms with Gasteiger partial charge in [0.05, 0.1) is 16.9 Å². The molecule has 0 bridgehead atoms. The standard InChI is InChI=1S/C13H9ClFN3/c14-9-1-4-12(17)13(6-9)18-10-2-3-11(15)8(5-10)7-16/h1-6,18H,17H2. The van der Waals surface area contributed by atoms with E-state index in [4.69, 9.17) is 22.6 Å². The van der Waals surface area contributed by atoms with Crippen LogP contribution in [-0.2, 0) is 0 Å². The minimum absolute atomic E-state index is 0.0272. The van der Waals surface area contributed by atoms with Gasteiger partial charge in [0.1, 0.15) is 11.9 Å². The van der Waals surface area contributed by atoms with Gasteiger partial charge in [-0.15, -0.1) is 0 Å². The number of nitrogens with one attached hydrogen (secondary N) is 1. The SMILES string of the molecule is N#Cc1cc(Nc2cc(Cl)ccc2N)ccc1F. The van der Waals surface area contributed by atoms with Gasteiger partial charge >= 0.3 is 0 Å². The van der Waals surface area contributed by atoms with E-state index >= 15 is 0 Å². The number of nitrogen functional groups attached to an aromatic ring is 1. The van der Waals surface area contributed by atoms with Crippen molar-refractivity contribution in [2.75, 3.05) is 11.1 Å². The molecule has 0 aliphatic heterocycles. The Balaban J connectivity index is 2.34. The third kappa shape index (κ3) is 2.53. The number of benzene rings is 2. The van der Waals surface area contributed by atoms with Crippen LogP contribution in [0.3, 0.4) is 0 Å². The largest absolute Gasteiger partial charge is 0.397 e. The monoisotopic (exact) mass is 261 g/mol. The normalized spacial score (nSPS) is 9.83. The Morgan fingerprint density at radius 1 is 1.22 bits per heavy atom. The van der Waals surface area contributed by atoms with Gasteiger partial charge in [0.2, 0.25) is 0 Å². The molecule has 3 N–H and O–H groups in total. The molecule has 90 valence electrons. The predicted molar refractivity (Wildman–Crippen MR) is 70.3 cm³/mol. The maximum Gasteiger partial charge on any atom is 0.141 e. The van der Waals surface area contributed by atoms with Crippen molar-refractivity contribution in [2.45, 2.75) is 0 Å². The van der Waals surface area contributed by atoms with Gasteiger partial charge in [0.25, 0.3) is 0 Å². The second-order valence-electron chi connectivity index (χ2n) is 3.66. The third-order valence-corrected chi connectivity index (χ3v) is 2.62. The van der Waals surface area contributed by atoms with Crippen LogP contribution in [0, 0.1) is 17.1 Å². The summed E-state index contributed by atoms with van der Waals surface area (Å²) in [4.78, 5) is 0. The molecule has 0 atom stereocenters. The summed E-state index contributed by atoms with van der Waals surface area (Å²) in [6, 6.07) is 10.9. The van der Waals surface area contributed by atoms with E-state index in [1.165, 1.54) is 18.2 Å². The highest BCUT2D eigenvalue weighted by atomic mass is 35.5. The molecule has 18 heavy (non-hydrogen) atoms. The lowest BCUT2D eigenvalue weighted by Crippen LogP contribution is -1.97. The number of rotatable bonds is 2. The molecule has 0 amide bonds. The molecular weight excluding hydrogens is 253 g/mol. The molecule has 0 spiro atoms. The summed E-state index contributed by atoms with van der Waals surface area (Å²) in [5, 5.41) is 12.3. The fraction of sp³-hybridized carbons (Fsp3) is 0. The van der Waals surface area contributed by atoms with Gasteiger partial charge in [0.15, 0.2) is 0 Å². The molecule has 3 nitrogen and oxygen atoms in total. The molecule has 5 heteroatoms. The minimum atomic E-state index is -0.554. The van der Waals surface area contributed by atoms with Gasteiger partial charge in [-0.25, -0.2) is 4.39 Å². The van der Waals surface area contributed by atoms with Crippen molar-refractivity contribution in [1.82, 2.24) is 0 Å². The zero-order valence-electron chi connectivity index (χ0n) is 9.24. The first-order chi connectivity index (χ1) is 8.60. The number of hydrogen-bond donors (Lipinski definition) is 2. The van der Waals surface area contributed by atoms with Crippen molar-refractivity contribution >= 4 is 28.7 Å². The quantitative estimate of drug-likeness (QED) is 0.811. The minimum Gasteiger partial charge on any atom is -0.397 e. The molecule has 0 fully saturated rings. The molecule has 0 unspecified atom stereocenters. The van der Waals surface area contributed by atoms with Crippen LogP contribution >= 0.6 is 11.6 Å². The first-order valence-corrected chi connectivity index (χ1v) is 5.49. The van der Waals surface area contributed by atoms with Crippen LogP contribution in [0.5, 0.6) is 0 Å². The smallest absolute Gasteiger partial charge is 0.141 e. The lowest BCUT2D eigenvalue weighted by Gasteiger charge is -2.10. The van der Waals surface area contributed by atoms with E-state index in [-0.39, 0.29) is 5.56 Å². The van der Waals surface area contributed by atoms with Crippen molar-refractivity contribution in [3.63, 3.8) is 0 Å². The van der Waals surface area contributed by atoms with Crippen LogP contribution in [0.25, 0.3) is 0 Å². The summed E-state index contributed by atoms with van der Waals surface area (Å²) in [6.07, 6.45) is 0. The maximum absolute atomic E-state index is 13.2. The van der Waals surface area contributed by atoms with Gasteiger partial charge in [-0.1, -0.05) is 11.6 Å². The van der Waals surface area contributed by atoms with E-state index < -0.39 is 5.82 Å². The van der Waals surface area contributed by atoms with Crippen LogP contribution in [0.2, 0.25) is 5.02 Å². The lowest BCUT2D eigenvalue weighted by atomic mass is 10.2. The van der Waals surface area contributed by atoms with Crippen molar-refractivity contribution < 1.29 is 4.39 Å². The predicted octanol–water partition coefficient (Wildman–Crippen LogP) is 3.68. The molecule has 0 aromatic heterocycles. The molecule has 0 saturated carbocycles. The first-order valence-electron chi connectivity index (χ1n) is 5.12. The van der Waals surface area contributed by atoms with Gasteiger partial charge in [-0.2, -0.15) is 5.26 Å². The van der Waals surface area contributed by atoms with E-state index in [1.807, 2.05) is 0 Å². The van der Waals surface area contributed by atoms with Crippen LogP contribution in [0.1, 0.15) is 5.56 Å². The Bertz CT molecular complexity index is 635. The molecule has 2 aromatic rings. The molecule has 2 rings (SSSR count). The van der Waals surface area contributed by atoms with E-state index in [0.29, 0.717) is 22.1 Å². The summed E-state index contributed by atoms with van der Waals surface area (Å²) < 4.78 is 13.2. The zero-order chi connectivity index (χ0) is 13.1. The van der Waals surface area contributed by atoms with Crippen LogP contribution in [0.15, 0.2) is 36.4 Å². The van der Waals surface area contributed by atoms with E-state index in [1.54, 1.807) is 24.3 Å². The second-order valence-corrected chi connectivity index (χ2v) is 4.10. The summed E-state index contributed by atoms with van der Waals surface area (Å²) in [6.45, 7) is 0. The molecule has 0 saturated heterocycles. The van der Waals surface area contributed by atoms with E-state index in [0.717, 1.165) is 0 Å². The first kappa shape index (κ1) is 12.2. The maximum atomic E-state index is 13.2. The van der Waals surface area contributed by atoms with Gasteiger partial charge in [-0.3, -0.25) is 0 Å². The van der Waals surface area contributed by atoms with E-state index in [2.05, 4.69) is 5.32 Å². The Labute approximate surface area is 109 Å². The number of nitriles is 1. The highest BCUT2D eigenvalue weighted by molar-refractivity contribution is 6.31. The van der Waals surface area contributed by atoms with Crippen LogP contribution in [-0.4, -0.2) is 0 Å². The number of anilines is 3. The fourth-order valence-corrected chi connectivity index (χ4v) is 1.65. The average molecular weight is 262 g/mol. The number of hydrogen-bond acceptors (Lipinski definition) is 3. The second kappa shape index (κ2) is 4.94. The zero-order valence-corrected chi connectivity index (χ0v) is 10.0. The summed E-state index contributed by atoms with van der Waals surface area (Å²) in [7, 11) is 0. The molecule has 0 heterocycles. The average Bonchev–Trinajstić information content (AvgIpc) is 2.36. The van der Waals surface area contributed by atoms with Crippen LogP contribution < -0.4 is 11.1 Å². The summed E-state index contributed by atoms with van der Waals surface area (Å²) >= 11 is 5.86. The Kier molecular flexibility index (Phi) is 3.35. The molecule has 0 aliphatic carbocycles. The van der Waals surface area contributed by atoms with Crippen molar-refractivity contribution in [1.29, 1.82) is 5.26 Å². The summed E-state index contributed by atoms with van der Waals surface area (Å²) in [5.41, 5.74) is 7.45.